The van der Waals surface area contributed by atoms with Gasteiger partial charge in [-0.25, -0.2) is 4.79 Å². The summed E-state index contributed by atoms with van der Waals surface area (Å²) in [6, 6.07) is 0. The van der Waals surface area contributed by atoms with Crippen LogP contribution in [0, 0.1) is 0 Å². The molecular weight excluding hydrogens is 170 g/mol. The van der Waals surface area contributed by atoms with Gasteiger partial charge in [-0.15, -0.1) is 0 Å². The minimum Gasteiger partial charge on any atom is -0.478 e. The van der Waals surface area contributed by atoms with Gasteiger partial charge >= 0.3 is 5.97 Å². The maximum atomic E-state index is 10.4. The fourth-order valence-electron chi connectivity index (χ4n) is 0.399. The molecule has 4 heteroatoms. The Hall–Kier alpha value is -1.58. The van der Waals surface area contributed by atoms with E-state index in [4.69, 9.17) is 5.11 Å². The molecule has 0 bridgehead atoms. The van der Waals surface area contributed by atoms with E-state index in [1.165, 1.54) is 13.0 Å². The SMILES string of the molecule is C=C(C)C(=O)O.C=CC(=O)N1CC1. The van der Waals surface area contributed by atoms with Gasteiger partial charge in [0.1, 0.15) is 0 Å². The summed E-state index contributed by atoms with van der Waals surface area (Å²) in [5.74, 6) is -0.880. The lowest BCUT2D eigenvalue weighted by molar-refractivity contribution is -0.132. The van der Waals surface area contributed by atoms with Crippen molar-refractivity contribution in [2.75, 3.05) is 13.1 Å². The van der Waals surface area contributed by atoms with Gasteiger partial charge in [-0.3, -0.25) is 4.79 Å². The number of carboxylic acids is 1. The molecule has 4 nitrogen and oxygen atoms in total. The van der Waals surface area contributed by atoms with Crippen molar-refractivity contribution in [1.82, 2.24) is 4.90 Å². The zero-order chi connectivity index (χ0) is 10.4. The van der Waals surface area contributed by atoms with Gasteiger partial charge in [0.05, 0.1) is 0 Å². The van der Waals surface area contributed by atoms with Crippen molar-refractivity contribution in [1.29, 1.82) is 0 Å². The number of hydrogen-bond donors (Lipinski definition) is 1. The molecule has 1 N–H and O–H groups in total. The molecule has 1 aliphatic heterocycles. The van der Waals surface area contributed by atoms with Crippen molar-refractivity contribution in [2.45, 2.75) is 6.92 Å². The molecule has 1 rings (SSSR count). The average molecular weight is 183 g/mol. The fraction of sp³-hybridized carbons (Fsp3) is 0.333. The van der Waals surface area contributed by atoms with Gasteiger partial charge in [0.2, 0.25) is 5.91 Å². The first-order valence-electron chi connectivity index (χ1n) is 3.79. The Balaban J connectivity index is 0.000000226. The molecule has 72 valence electrons. The Labute approximate surface area is 77.2 Å². The first-order valence-corrected chi connectivity index (χ1v) is 3.79. The van der Waals surface area contributed by atoms with E-state index in [1.54, 1.807) is 4.90 Å². The Bertz CT molecular complexity index is 229. The Morgan fingerprint density at radius 3 is 1.92 bits per heavy atom. The number of nitrogens with zero attached hydrogens (tertiary/aromatic N) is 1. The van der Waals surface area contributed by atoms with Crippen LogP contribution >= 0.6 is 0 Å². The molecule has 0 aromatic heterocycles. The molecule has 0 saturated carbocycles. The largest absolute Gasteiger partial charge is 0.478 e. The monoisotopic (exact) mass is 183 g/mol. The summed E-state index contributed by atoms with van der Waals surface area (Å²) >= 11 is 0. The molecule has 1 saturated heterocycles. The lowest BCUT2D eigenvalue weighted by Gasteiger charge is -1.87. The van der Waals surface area contributed by atoms with Crippen molar-refractivity contribution in [3.8, 4) is 0 Å². The maximum Gasteiger partial charge on any atom is 0.330 e. The van der Waals surface area contributed by atoms with Gasteiger partial charge in [-0.2, -0.15) is 0 Å². The van der Waals surface area contributed by atoms with E-state index in [9.17, 15) is 9.59 Å². The average Bonchev–Trinajstić information content (AvgIpc) is 2.86. The lowest BCUT2D eigenvalue weighted by Crippen LogP contribution is -2.04. The van der Waals surface area contributed by atoms with Gasteiger partial charge in [0.15, 0.2) is 0 Å². The van der Waals surface area contributed by atoms with Crippen molar-refractivity contribution in [3.05, 3.63) is 24.8 Å². The van der Waals surface area contributed by atoms with Crippen LogP contribution in [0.2, 0.25) is 0 Å². The number of carbonyl (C=O) groups excluding carboxylic acids is 1. The van der Waals surface area contributed by atoms with Crippen LogP contribution in [0.15, 0.2) is 24.8 Å². The summed E-state index contributed by atoms with van der Waals surface area (Å²) in [6.07, 6.45) is 1.34. The van der Waals surface area contributed by atoms with Crippen LogP contribution in [0.1, 0.15) is 6.92 Å². The molecule has 1 aliphatic rings. The number of carbonyl (C=O) groups is 2. The summed E-state index contributed by atoms with van der Waals surface area (Å²) in [7, 11) is 0. The van der Waals surface area contributed by atoms with Crippen molar-refractivity contribution < 1.29 is 14.7 Å². The van der Waals surface area contributed by atoms with Gasteiger partial charge in [-0.05, 0) is 13.0 Å². The van der Waals surface area contributed by atoms with Crippen molar-refractivity contribution >= 4 is 11.9 Å². The second-order valence-electron chi connectivity index (χ2n) is 2.61. The Kier molecular flexibility index (Phi) is 4.51. The third kappa shape index (κ3) is 5.66. The van der Waals surface area contributed by atoms with Gasteiger partial charge in [0.25, 0.3) is 0 Å². The molecule has 0 aromatic carbocycles. The zero-order valence-electron chi connectivity index (χ0n) is 7.62. The van der Waals surface area contributed by atoms with E-state index in [-0.39, 0.29) is 11.5 Å². The highest BCUT2D eigenvalue weighted by Crippen LogP contribution is 2.02. The lowest BCUT2D eigenvalue weighted by atomic mass is 10.4. The topological polar surface area (TPSA) is 57.4 Å². The third-order valence-corrected chi connectivity index (χ3v) is 1.30. The third-order valence-electron chi connectivity index (χ3n) is 1.30. The van der Waals surface area contributed by atoms with Crippen LogP contribution in [0.3, 0.4) is 0 Å². The summed E-state index contributed by atoms with van der Waals surface area (Å²) < 4.78 is 0. The fourth-order valence-corrected chi connectivity index (χ4v) is 0.399. The van der Waals surface area contributed by atoms with Gasteiger partial charge < -0.3 is 10.0 Å². The molecule has 1 heterocycles. The standard InChI is InChI=1S/C5H7NO.C4H6O2/c1-2-5(7)6-3-4-6;1-3(2)4(5)6/h2H,1,3-4H2;1H2,2H3,(H,5,6). The van der Waals surface area contributed by atoms with Gasteiger partial charge in [0, 0.05) is 18.7 Å². The normalized spacial score (nSPS) is 12.2. The van der Waals surface area contributed by atoms with Crippen molar-refractivity contribution in [2.24, 2.45) is 0 Å². The van der Waals surface area contributed by atoms with E-state index in [1.807, 2.05) is 0 Å². The Morgan fingerprint density at radius 2 is 1.85 bits per heavy atom. The molecule has 1 amide bonds. The molecule has 13 heavy (non-hydrogen) atoms. The molecular formula is C9H13NO3. The second kappa shape index (κ2) is 5.13. The van der Waals surface area contributed by atoms with Gasteiger partial charge in [-0.1, -0.05) is 13.2 Å². The molecule has 0 aliphatic carbocycles. The minimum atomic E-state index is -0.935. The number of amides is 1. The summed E-state index contributed by atoms with van der Waals surface area (Å²) in [5, 5.41) is 7.89. The highest BCUT2D eigenvalue weighted by atomic mass is 16.4. The summed E-state index contributed by atoms with van der Waals surface area (Å²) in [5.41, 5.74) is 0.176. The smallest absolute Gasteiger partial charge is 0.330 e. The first-order chi connectivity index (χ1) is 5.99. The van der Waals surface area contributed by atoms with E-state index >= 15 is 0 Å². The quantitative estimate of drug-likeness (QED) is 0.505. The van der Waals surface area contributed by atoms with Crippen LogP contribution in [0.5, 0.6) is 0 Å². The van der Waals surface area contributed by atoms with E-state index < -0.39 is 5.97 Å². The summed E-state index contributed by atoms with van der Waals surface area (Å²) in [6.45, 7) is 9.78. The maximum absolute atomic E-state index is 10.4. The van der Waals surface area contributed by atoms with Crippen LogP contribution in [0.25, 0.3) is 0 Å². The number of aliphatic carboxylic acids is 1. The predicted molar refractivity (Wildman–Crippen MR) is 49.2 cm³/mol. The molecule has 0 radical (unpaired) electrons. The van der Waals surface area contributed by atoms with E-state index in [0.717, 1.165) is 13.1 Å². The predicted octanol–water partition coefficient (Wildman–Crippen LogP) is 0.662. The molecule has 0 atom stereocenters. The van der Waals surface area contributed by atoms with Crippen LogP contribution in [-0.4, -0.2) is 35.0 Å². The highest BCUT2D eigenvalue weighted by molar-refractivity contribution is 5.88. The second-order valence-corrected chi connectivity index (χ2v) is 2.61. The number of carboxylic acid groups (broad SMARTS) is 1. The van der Waals surface area contributed by atoms with Crippen molar-refractivity contribution in [3.63, 3.8) is 0 Å². The highest BCUT2D eigenvalue weighted by Gasteiger charge is 2.20. The van der Waals surface area contributed by atoms with E-state index in [0.29, 0.717) is 0 Å². The molecule has 0 spiro atoms. The molecule has 1 fully saturated rings. The Morgan fingerprint density at radius 1 is 1.46 bits per heavy atom. The molecule has 0 unspecified atom stereocenters. The number of rotatable bonds is 2. The van der Waals surface area contributed by atoms with E-state index in [2.05, 4.69) is 13.2 Å². The zero-order valence-corrected chi connectivity index (χ0v) is 7.62. The summed E-state index contributed by atoms with van der Waals surface area (Å²) in [4.78, 5) is 21.7. The van der Waals surface area contributed by atoms with Crippen LogP contribution in [0.4, 0.5) is 0 Å². The van der Waals surface area contributed by atoms with Crippen LogP contribution < -0.4 is 0 Å². The number of hydrogen-bond acceptors (Lipinski definition) is 2. The first kappa shape index (κ1) is 11.4. The van der Waals surface area contributed by atoms with Crippen LogP contribution in [-0.2, 0) is 9.59 Å². The molecule has 0 aromatic rings. The minimum absolute atomic E-state index is 0.0556.